The highest BCUT2D eigenvalue weighted by atomic mass is 16.7. The van der Waals surface area contributed by atoms with Crippen LogP contribution >= 0.6 is 0 Å². The molecule has 2 N–H and O–H groups in total. The second kappa shape index (κ2) is 8.07. The lowest BCUT2D eigenvalue weighted by molar-refractivity contribution is -0.116. The summed E-state index contributed by atoms with van der Waals surface area (Å²) in [6.45, 7) is 2.92. The van der Waals surface area contributed by atoms with E-state index < -0.39 is 0 Å². The molecule has 1 aliphatic rings. The molecule has 0 aromatic heterocycles. The summed E-state index contributed by atoms with van der Waals surface area (Å²) in [5, 5.41) is 0. The predicted molar refractivity (Wildman–Crippen MR) is 73.5 cm³/mol. The number of hydrogen-bond acceptors (Lipinski definition) is 5. The molecule has 2 unspecified atom stereocenters. The smallest absolute Gasteiger partial charge is 0.158 e. The van der Waals surface area contributed by atoms with E-state index in [1.807, 2.05) is 0 Å². The Kier molecular flexibility index (Phi) is 7.11. The van der Waals surface area contributed by atoms with Crippen LogP contribution in [0.4, 0.5) is 0 Å². The first-order valence-electron chi connectivity index (χ1n) is 6.78. The molecule has 1 saturated heterocycles. The van der Waals surface area contributed by atoms with Crippen molar-refractivity contribution in [3.63, 3.8) is 0 Å². The predicted octanol–water partition coefficient (Wildman–Crippen LogP) is 0.349. The molecule has 0 saturated carbocycles. The number of methoxy groups -OCH3 is 2. The lowest BCUT2D eigenvalue weighted by Gasteiger charge is -2.33. The molecule has 1 heterocycles. The maximum Gasteiger partial charge on any atom is 0.158 e. The normalized spacial score (nSPS) is 23.2. The highest BCUT2D eigenvalue weighted by Gasteiger charge is 2.25. The molecule has 0 aromatic carbocycles. The second-order valence-corrected chi connectivity index (χ2v) is 5.24. The van der Waals surface area contributed by atoms with E-state index in [1.54, 1.807) is 14.2 Å². The zero-order valence-corrected chi connectivity index (χ0v) is 12.3. The fourth-order valence-corrected chi connectivity index (χ4v) is 2.66. The Morgan fingerprint density at radius 1 is 1.39 bits per heavy atom. The molecule has 5 nitrogen and oxygen atoms in total. The van der Waals surface area contributed by atoms with Gasteiger partial charge in [0.1, 0.15) is 0 Å². The van der Waals surface area contributed by atoms with Crippen LogP contribution in [0.3, 0.4) is 0 Å². The Bertz CT molecular complexity index is 224. The molecular weight excluding hydrogens is 230 g/mol. The summed E-state index contributed by atoms with van der Waals surface area (Å²) in [6, 6.07) is 0.969. The van der Waals surface area contributed by atoms with Gasteiger partial charge in [0.2, 0.25) is 0 Å². The first-order chi connectivity index (χ1) is 8.62. The van der Waals surface area contributed by atoms with Crippen LogP contribution in [0.25, 0.3) is 0 Å². The fraction of sp³-hybridized carbons (Fsp3) is 1.00. The van der Waals surface area contributed by atoms with Crippen LogP contribution in [-0.4, -0.2) is 76.1 Å². The largest absolute Gasteiger partial charge is 0.356 e. The summed E-state index contributed by atoms with van der Waals surface area (Å²) < 4.78 is 10.5. The third-order valence-electron chi connectivity index (χ3n) is 4.06. The molecule has 1 aliphatic heterocycles. The van der Waals surface area contributed by atoms with Crippen LogP contribution in [0.15, 0.2) is 0 Å². The van der Waals surface area contributed by atoms with Crippen molar-refractivity contribution in [2.45, 2.75) is 37.6 Å². The zero-order valence-electron chi connectivity index (χ0n) is 12.3. The minimum absolute atomic E-state index is 0.165. The van der Waals surface area contributed by atoms with Crippen molar-refractivity contribution in [3.05, 3.63) is 0 Å². The molecule has 0 aromatic rings. The molecular formula is C13H29N3O2. The number of hydrogen-bond donors (Lipinski definition) is 1. The average Bonchev–Trinajstić information content (AvgIpc) is 2.76. The Labute approximate surface area is 111 Å². The first-order valence-corrected chi connectivity index (χ1v) is 6.78. The molecule has 0 bridgehead atoms. The summed E-state index contributed by atoms with van der Waals surface area (Å²) in [5.41, 5.74) is 5.87. The van der Waals surface area contributed by atoms with Gasteiger partial charge in [-0.2, -0.15) is 0 Å². The number of likely N-dealkylation sites (tertiary alicyclic amines) is 1. The van der Waals surface area contributed by atoms with Crippen molar-refractivity contribution in [1.29, 1.82) is 0 Å². The van der Waals surface area contributed by atoms with Crippen LogP contribution in [0.5, 0.6) is 0 Å². The first kappa shape index (κ1) is 15.9. The zero-order chi connectivity index (χ0) is 13.5. The molecule has 2 atom stereocenters. The van der Waals surface area contributed by atoms with Crippen LogP contribution in [0.2, 0.25) is 0 Å². The standard InChI is InChI=1S/C13H29N3O2/c1-15-7-5-6-11(15)10-16(2)12(9-14)8-13(17-3)18-4/h11-13H,5-10,14H2,1-4H3. The van der Waals surface area contributed by atoms with E-state index >= 15 is 0 Å². The lowest BCUT2D eigenvalue weighted by Crippen LogP contribution is -2.46. The number of nitrogens with zero attached hydrogens (tertiary/aromatic N) is 2. The van der Waals surface area contributed by atoms with Gasteiger partial charge in [-0.15, -0.1) is 0 Å². The highest BCUT2D eigenvalue weighted by molar-refractivity contribution is 4.82. The summed E-state index contributed by atoms with van der Waals surface area (Å²) in [4.78, 5) is 4.78. The quantitative estimate of drug-likeness (QED) is 0.637. The van der Waals surface area contributed by atoms with Crippen molar-refractivity contribution < 1.29 is 9.47 Å². The van der Waals surface area contributed by atoms with Gasteiger partial charge >= 0.3 is 0 Å². The molecule has 18 heavy (non-hydrogen) atoms. The third-order valence-corrected chi connectivity index (χ3v) is 4.06. The van der Waals surface area contributed by atoms with Gasteiger partial charge in [0.25, 0.3) is 0 Å². The van der Waals surface area contributed by atoms with E-state index in [0.29, 0.717) is 18.6 Å². The SMILES string of the molecule is COC(CC(CN)N(C)CC1CCCN1C)OC. The number of nitrogens with two attached hydrogens (primary N) is 1. The Morgan fingerprint density at radius 2 is 2.06 bits per heavy atom. The minimum atomic E-state index is -0.165. The van der Waals surface area contributed by atoms with Gasteiger partial charge in [-0.25, -0.2) is 0 Å². The van der Waals surface area contributed by atoms with Gasteiger partial charge in [-0.05, 0) is 33.5 Å². The maximum atomic E-state index is 5.87. The minimum Gasteiger partial charge on any atom is -0.356 e. The van der Waals surface area contributed by atoms with Crippen LogP contribution in [0, 0.1) is 0 Å². The van der Waals surface area contributed by atoms with Gasteiger partial charge in [-0.3, -0.25) is 0 Å². The van der Waals surface area contributed by atoms with E-state index in [2.05, 4.69) is 23.9 Å². The van der Waals surface area contributed by atoms with Crippen LogP contribution in [-0.2, 0) is 9.47 Å². The van der Waals surface area contributed by atoms with E-state index in [9.17, 15) is 0 Å². The maximum absolute atomic E-state index is 5.87. The van der Waals surface area contributed by atoms with Crippen molar-refractivity contribution in [2.24, 2.45) is 5.73 Å². The van der Waals surface area contributed by atoms with Crippen molar-refractivity contribution in [1.82, 2.24) is 9.80 Å². The van der Waals surface area contributed by atoms with Crippen molar-refractivity contribution in [3.8, 4) is 0 Å². The van der Waals surface area contributed by atoms with Crippen LogP contribution in [0.1, 0.15) is 19.3 Å². The molecule has 5 heteroatoms. The molecule has 0 spiro atoms. The van der Waals surface area contributed by atoms with Gasteiger partial charge in [0, 0.05) is 45.8 Å². The van der Waals surface area contributed by atoms with E-state index in [-0.39, 0.29) is 6.29 Å². The Hall–Kier alpha value is -0.200. The van der Waals surface area contributed by atoms with Gasteiger partial charge in [0.05, 0.1) is 0 Å². The van der Waals surface area contributed by atoms with Crippen molar-refractivity contribution >= 4 is 0 Å². The summed E-state index contributed by atoms with van der Waals surface area (Å²) in [5.74, 6) is 0. The fourth-order valence-electron chi connectivity index (χ4n) is 2.66. The summed E-state index contributed by atoms with van der Waals surface area (Å²) >= 11 is 0. The molecule has 108 valence electrons. The van der Waals surface area contributed by atoms with E-state index in [4.69, 9.17) is 15.2 Å². The molecule has 0 aliphatic carbocycles. The summed E-state index contributed by atoms with van der Waals surface area (Å²) in [6.07, 6.45) is 3.25. The highest BCUT2D eigenvalue weighted by Crippen LogP contribution is 2.17. The Balaban J connectivity index is 2.43. The van der Waals surface area contributed by atoms with E-state index in [0.717, 1.165) is 13.0 Å². The van der Waals surface area contributed by atoms with Crippen molar-refractivity contribution in [2.75, 3.05) is 47.9 Å². The second-order valence-electron chi connectivity index (χ2n) is 5.24. The average molecular weight is 259 g/mol. The number of likely N-dealkylation sites (N-methyl/N-ethyl adjacent to an activating group) is 2. The monoisotopic (exact) mass is 259 g/mol. The lowest BCUT2D eigenvalue weighted by atomic mass is 10.1. The Morgan fingerprint density at radius 3 is 2.50 bits per heavy atom. The molecule has 1 rings (SSSR count). The third kappa shape index (κ3) is 4.48. The molecule has 1 fully saturated rings. The van der Waals surface area contributed by atoms with Crippen LogP contribution < -0.4 is 5.73 Å². The number of rotatable bonds is 8. The van der Waals surface area contributed by atoms with E-state index in [1.165, 1.54) is 19.4 Å². The van der Waals surface area contributed by atoms with Gasteiger partial charge in [0.15, 0.2) is 6.29 Å². The van der Waals surface area contributed by atoms with Gasteiger partial charge < -0.3 is 25.0 Å². The molecule has 0 radical (unpaired) electrons. The number of ether oxygens (including phenoxy) is 2. The topological polar surface area (TPSA) is 51.0 Å². The molecule has 0 amide bonds. The summed E-state index contributed by atoms with van der Waals surface area (Å²) in [7, 11) is 7.70. The van der Waals surface area contributed by atoms with Gasteiger partial charge in [-0.1, -0.05) is 0 Å².